The SMILES string of the molecule is C=CCCNC(=O)c1sc(NCCOC)nc1N. The highest BCUT2D eigenvalue weighted by Gasteiger charge is 2.15. The van der Waals surface area contributed by atoms with Gasteiger partial charge in [-0.25, -0.2) is 4.98 Å². The zero-order chi connectivity index (χ0) is 13.4. The summed E-state index contributed by atoms with van der Waals surface area (Å²) in [6.07, 6.45) is 2.47. The molecule has 0 saturated heterocycles. The third kappa shape index (κ3) is 4.34. The van der Waals surface area contributed by atoms with Crippen molar-refractivity contribution in [3.05, 3.63) is 17.5 Å². The standard InChI is InChI=1S/C11H18N4O2S/c1-3-4-5-13-10(16)8-9(12)15-11(18-8)14-6-7-17-2/h3H,1,4-7,12H2,2H3,(H,13,16)(H,14,15). The summed E-state index contributed by atoms with van der Waals surface area (Å²) < 4.78 is 4.91. The van der Waals surface area contributed by atoms with Gasteiger partial charge in [-0.15, -0.1) is 6.58 Å². The number of amides is 1. The number of carbonyl (C=O) groups excluding carboxylic acids is 1. The van der Waals surface area contributed by atoms with E-state index in [9.17, 15) is 4.79 Å². The molecule has 0 fully saturated rings. The second-order valence-electron chi connectivity index (χ2n) is 3.49. The van der Waals surface area contributed by atoms with Crippen molar-refractivity contribution in [2.24, 2.45) is 0 Å². The van der Waals surface area contributed by atoms with Gasteiger partial charge in [0.25, 0.3) is 5.91 Å². The molecule has 0 aliphatic carbocycles. The van der Waals surface area contributed by atoms with E-state index >= 15 is 0 Å². The minimum atomic E-state index is -0.202. The summed E-state index contributed by atoms with van der Waals surface area (Å²) in [5.41, 5.74) is 5.70. The maximum Gasteiger partial charge on any atom is 0.265 e. The molecule has 1 aromatic heterocycles. The molecule has 0 atom stereocenters. The first-order chi connectivity index (χ1) is 8.69. The molecule has 4 N–H and O–H groups in total. The summed E-state index contributed by atoms with van der Waals surface area (Å²) in [5.74, 6) is 0.0441. The van der Waals surface area contributed by atoms with Crippen LogP contribution in [-0.4, -0.2) is 37.7 Å². The molecule has 0 radical (unpaired) electrons. The number of methoxy groups -OCH3 is 1. The number of anilines is 2. The van der Waals surface area contributed by atoms with E-state index in [0.717, 1.165) is 6.42 Å². The van der Waals surface area contributed by atoms with Crippen molar-refractivity contribution in [3.8, 4) is 0 Å². The Morgan fingerprint density at radius 1 is 1.61 bits per heavy atom. The molecule has 7 heteroatoms. The lowest BCUT2D eigenvalue weighted by molar-refractivity contribution is 0.0959. The average molecular weight is 270 g/mol. The molecule has 0 spiro atoms. The lowest BCUT2D eigenvalue weighted by Crippen LogP contribution is -2.23. The maximum atomic E-state index is 11.8. The Labute approximate surface area is 110 Å². The van der Waals surface area contributed by atoms with E-state index in [0.29, 0.717) is 29.7 Å². The molecule has 0 aromatic carbocycles. The molecule has 0 aliphatic rings. The Hall–Kier alpha value is -1.60. The lowest BCUT2D eigenvalue weighted by Gasteiger charge is -2.01. The van der Waals surface area contributed by atoms with Gasteiger partial charge in [0.05, 0.1) is 6.61 Å². The number of thiazole rings is 1. The molecule has 1 aromatic rings. The number of nitrogens with two attached hydrogens (primary N) is 1. The Morgan fingerprint density at radius 3 is 3.06 bits per heavy atom. The molecule has 18 heavy (non-hydrogen) atoms. The molecule has 1 amide bonds. The molecular formula is C11H18N4O2S. The van der Waals surface area contributed by atoms with Crippen LogP contribution in [0.2, 0.25) is 0 Å². The van der Waals surface area contributed by atoms with Crippen molar-refractivity contribution < 1.29 is 9.53 Å². The summed E-state index contributed by atoms with van der Waals surface area (Å²) in [5, 5.41) is 6.41. The minimum absolute atomic E-state index is 0.202. The topological polar surface area (TPSA) is 89.3 Å². The molecular weight excluding hydrogens is 252 g/mol. The van der Waals surface area contributed by atoms with Gasteiger partial charge in [0, 0.05) is 20.2 Å². The van der Waals surface area contributed by atoms with E-state index in [1.165, 1.54) is 11.3 Å². The fraction of sp³-hybridized carbons (Fsp3) is 0.455. The highest BCUT2D eigenvalue weighted by Crippen LogP contribution is 2.24. The highest BCUT2D eigenvalue weighted by molar-refractivity contribution is 7.18. The summed E-state index contributed by atoms with van der Waals surface area (Å²) in [6.45, 7) is 5.33. The molecule has 1 rings (SSSR count). The van der Waals surface area contributed by atoms with Gasteiger partial charge in [0.15, 0.2) is 5.13 Å². The molecule has 6 nitrogen and oxygen atoms in total. The number of carbonyl (C=O) groups is 1. The number of hydrogen-bond donors (Lipinski definition) is 3. The van der Waals surface area contributed by atoms with Crippen LogP contribution in [0.15, 0.2) is 12.7 Å². The van der Waals surface area contributed by atoms with E-state index < -0.39 is 0 Å². The van der Waals surface area contributed by atoms with E-state index in [2.05, 4.69) is 22.2 Å². The normalized spacial score (nSPS) is 10.1. The van der Waals surface area contributed by atoms with Crippen LogP contribution >= 0.6 is 11.3 Å². The van der Waals surface area contributed by atoms with Crippen LogP contribution in [0.4, 0.5) is 10.9 Å². The molecule has 0 aliphatic heterocycles. The van der Waals surface area contributed by atoms with Crippen LogP contribution < -0.4 is 16.4 Å². The van der Waals surface area contributed by atoms with Crippen molar-refractivity contribution in [1.82, 2.24) is 10.3 Å². The molecule has 1 heterocycles. The quantitative estimate of drug-likeness (QED) is 0.486. The number of nitrogens with one attached hydrogen (secondary N) is 2. The second-order valence-corrected chi connectivity index (χ2v) is 4.49. The van der Waals surface area contributed by atoms with Crippen LogP contribution in [0.1, 0.15) is 16.1 Å². The number of nitrogens with zero attached hydrogens (tertiary/aromatic N) is 1. The Balaban J connectivity index is 2.54. The van der Waals surface area contributed by atoms with Crippen LogP contribution in [0, 0.1) is 0 Å². The van der Waals surface area contributed by atoms with E-state index in [1.54, 1.807) is 13.2 Å². The van der Waals surface area contributed by atoms with E-state index in [4.69, 9.17) is 10.5 Å². The summed E-state index contributed by atoms with van der Waals surface area (Å²) in [4.78, 5) is 16.3. The third-order valence-corrected chi connectivity index (χ3v) is 3.10. The van der Waals surface area contributed by atoms with Crippen molar-refractivity contribution in [3.63, 3.8) is 0 Å². The van der Waals surface area contributed by atoms with Crippen LogP contribution in [-0.2, 0) is 4.74 Å². The minimum Gasteiger partial charge on any atom is -0.383 e. The Kier molecular flexibility index (Phi) is 6.16. The van der Waals surface area contributed by atoms with Gasteiger partial charge in [0.1, 0.15) is 10.7 Å². The fourth-order valence-corrected chi connectivity index (χ4v) is 2.02. The summed E-state index contributed by atoms with van der Waals surface area (Å²) in [6, 6.07) is 0. The maximum absolute atomic E-state index is 11.8. The van der Waals surface area contributed by atoms with Crippen LogP contribution in [0.3, 0.4) is 0 Å². The molecule has 0 saturated carbocycles. The van der Waals surface area contributed by atoms with E-state index in [-0.39, 0.29) is 11.7 Å². The van der Waals surface area contributed by atoms with Gasteiger partial charge in [-0.2, -0.15) is 0 Å². The highest BCUT2D eigenvalue weighted by atomic mass is 32.1. The summed E-state index contributed by atoms with van der Waals surface area (Å²) >= 11 is 1.24. The predicted molar refractivity (Wildman–Crippen MR) is 74.0 cm³/mol. The Bertz CT molecular complexity index is 406. The first kappa shape index (κ1) is 14.5. The number of ether oxygens (including phenoxy) is 1. The van der Waals surface area contributed by atoms with Crippen LogP contribution in [0.25, 0.3) is 0 Å². The number of hydrogen-bond acceptors (Lipinski definition) is 6. The molecule has 0 bridgehead atoms. The molecule has 100 valence electrons. The van der Waals surface area contributed by atoms with Crippen molar-refractivity contribution >= 4 is 28.2 Å². The average Bonchev–Trinajstić information content (AvgIpc) is 2.71. The van der Waals surface area contributed by atoms with Gasteiger partial charge in [0.2, 0.25) is 0 Å². The Morgan fingerprint density at radius 2 is 2.39 bits per heavy atom. The zero-order valence-electron chi connectivity index (χ0n) is 10.4. The predicted octanol–water partition coefficient (Wildman–Crippen LogP) is 1.09. The first-order valence-electron chi connectivity index (χ1n) is 5.57. The van der Waals surface area contributed by atoms with E-state index in [1.807, 2.05) is 0 Å². The van der Waals surface area contributed by atoms with Gasteiger partial charge >= 0.3 is 0 Å². The monoisotopic (exact) mass is 270 g/mol. The lowest BCUT2D eigenvalue weighted by atomic mass is 10.4. The number of nitrogen functional groups attached to an aromatic ring is 1. The van der Waals surface area contributed by atoms with Crippen molar-refractivity contribution in [2.45, 2.75) is 6.42 Å². The molecule has 0 unspecified atom stereocenters. The first-order valence-corrected chi connectivity index (χ1v) is 6.39. The number of rotatable bonds is 8. The smallest absolute Gasteiger partial charge is 0.265 e. The van der Waals surface area contributed by atoms with Crippen LogP contribution in [0.5, 0.6) is 0 Å². The van der Waals surface area contributed by atoms with Gasteiger partial charge in [-0.3, -0.25) is 4.79 Å². The zero-order valence-corrected chi connectivity index (χ0v) is 11.2. The van der Waals surface area contributed by atoms with Gasteiger partial charge in [-0.1, -0.05) is 17.4 Å². The number of aromatic nitrogens is 1. The second kappa shape index (κ2) is 7.67. The van der Waals surface area contributed by atoms with Gasteiger partial charge < -0.3 is 21.1 Å². The van der Waals surface area contributed by atoms with Gasteiger partial charge in [-0.05, 0) is 6.42 Å². The largest absolute Gasteiger partial charge is 0.383 e. The fourth-order valence-electron chi connectivity index (χ4n) is 1.20. The van der Waals surface area contributed by atoms with Crippen molar-refractivity contribution in [1.29, 1.82) is 0 Å². The third-order valence-electron chi connectivity index (χ3n) is 2.08. The summed E-state index contributed by atoms with van der Waals surface area (Å²) in [7, 11) is 1.62. The van der Waals surface area contributed by atoms with Crippen molar-refractivity contribution in [2.75, 3.05) is 37.9 Å².